The average Bonchev–Trinajstić information content (AvgIpc) is 3.65. The van der Waals surface area contributed by atoms with E-state index in [1.165, 1.54) is 77.2 Å². The summed E-state index contributed by atoms with van der Waals surface area (Å²) in [5, 5.41) is 5.03. The van der Waals surface area contributed by atoms with Gasteiger partial charge < -0.3 is 4.90 Å². The molecule has 2 aliphatic rings. The predicted molar refractivity (Wildman–Crippen MR) is 231 cm³/mol. The van der Waals surface area contributed by atoms with Crippen molar-refractivity contribution in [3.8, 4) is 22.3 Å². The smallest absolute Gasteiger partial charge is 0.0714 e. The number of hydrogen-bond acceptors (Lipinski definition) is 1. The molecule has 1 nitrogen and oxygen atoms in total. The van der Waals surface area contributed by atoms with Gasteiger partial charge in [0.1, 0.15) is 0 Å². The molecule has 0 bridgehead atoms. The van der Waals surface area contributed by atoms with E-state index >= 15 is 0 Å². The van der Waals surface area contributed by atoms with Crippen molar-refractivity contribution in [3.05, 3.63) is 234 Å². The first-order valence-electron chi connectivity index (χ1n) is 19.3. The van der Waals surface area contributed by atoms with Crippen molar-refractivity contribution in [2.24, 2.45) is 0 Å². The van der Waals surface area contributed by atoms with Gasteiger partial charge in [0.15, 0.2) is 0 Å². The number of anilines is 3. The van der Waals surface area contributed by atoms with Crippen molar-refractivity contribution in [2.45, 2.75) is 24.7 Å². The van der Waals surface area contributed by atoms with E-state index in [0.717, 1.165) is 17.1 Å². The van der Waals surface area contributed by atoms with Gasteiger partial charge in [-0.1, -0.05) is 166 Å². The molecule has 55 heavy (non-hydrogen) atoms. The fourth-order valence-corrected chi connectivity index (χ4v) is 9.90. The van der Waals surface area contributed by atoms with Gasteiger partial charge in [-0.25, -0.2) is 0 Å². The summed E-state index contributed by atoms with van der Waals surface area (Å²) in [6.07, 6.45) is 0. The summed E-state index contributed by atoms with van der Waals surface area (Å²) in [5.41, 5.74) is 16.0. The highest BCUT2D eigenvalue weighted by atomic mass is 15.1. The van der Waals surface area contributed by atoms with Gasteiger partial charge in [0.05, 0.1) is 5.41 Å². The first kappa shape index (κ1) is 31.8. The average molecular weight is 702 g/mol. The minimum absolute atomic E-state index is 0.106. The first-order valence-corrected chi connectivity index (χ1v) is 19.3. The molecule has 2 aliphatic carbocycles. The molecule has 0 atom stereocenters. The molecule has 0 spiro atoms. The van der Waals surface area contributed by atoms with Crippen LogP contribution in [-0.2, 0) is 10.8 Å². The monoisotopic (exact) mass is 701 g/mol. The second kappa shape index (κ2) is 11.9. The Hall–Kier alpha value is -6.70. The molecule has 11 rings (SSSR count). The number of benzene rings is 9. The Bertz CT molecular complexity index is 2920. The van der Waals surface area contributed by atoms with Crippen molar-refractivity contribution in [2.75, 3.05) is 4.90 Å². The van der Waals surface area contributed by atoms with Crippen LogP contribution in [-0.4, -0.2) is 0 Å². The Balaban J connectivity index is 1.18. The van der Waals surface area contributed by atoms with Gasteiger partial charge in [-0.15, -0.1) is 0 Å². The summed E-state index contributed by atoms with van der Waals surface area (Å²) < 4.78 is 0. The first-order chi connectivity index (χ1) is 27.0. The molecule has 9 aromatic rings. The SMILES string of the molecule is CC1(C)c2ccc(N(c3ccc4c(c3)C(c3ccccc3)(c3ccccc3)c3ccccc3-4)c3ccc4ccccc4c3)cc2-c2cc3ccccc3cc21. The Kier molecular flexibility index (Phi) is 6.88. The molecule has 0 aromatic heterocycles. The molecule has 0 aliphatic heterocycles. The molecule has 0 unspecified atom stereocenters. The third kappa shape index (κ3) is 4.60. The van der Waals surface area contributed by atoms with Crippen LogP contribution in [0, 0.1) is 0 Å². The molecular weight excluding hydrogens is 663 g/mol. The topological polar surface area (TPSA) is 3.24 Å². The molecular formula is C54H39N. The van der Waals surface area contributed by atoms with E-state index in [-0.39, 0.29) is 5.41 Å². The highest BCUT2D eigenvalue weighted by molar-refractivity contribution is 5.96. The van der Waals surface area contributed by atoms with Crippen LogP contribution < -0.4 is 4.90 Å². The van der Waals surface area contributed by atoms with E-state index < -0.39 is 5.41 Å². The fourth-order valence-electron chi connectivity index (χ4n) is 9.90. The lowest BCUT2D eigenvalue weighted by atomic mass is 9.67. The number of hydrogen-bond donors (Lipinski definition) is 0. The van der Waals surface area contributed by atoms with Crippen LogP contribution in [0.25, 0.3) is 43.8 Å². The molecule has 0 saturated carbocycles. The van der Waals surface area contributed by atoms with E-state index in [2.05, 4.69) is 219 Å². The summed E-state index contributed by atoms with van der Waals surface area (Å²) in [7, 11) is 0. The van der Waals surface area contributed by atoms with Crippen LogP contribution in [0.5, 0.6) is 0 Å². The lowest BCUT2D eigenvalue weighted by molar-refractivity contribution is 0.661. The fraction of sp³-hybridized carbons (Fsp3) is 0.0741. The second-order valence-electron chi connectivity index (χ2n) is 15.7. The lowest BCUT2D eigenvalue weighted by Gasteiger charge is -2.35. The number of rotatable bonds is 5. The molecule has 0 heterocycles. The minimum Gasteiger partial charge on any atom is -0.310 e. The molecule has 0 saturated heterocycles. The molecule has 9 aromatic carbocycles. The standard InChI is InChI=1S/C54H39N/c1-53(2)49-30-28-43(34-48(49)47-32-38-17-11-12-18-39(38)33-51(47)53)55(42-26-25-36-15-9-10-16-37(36)31-42)44-27-29-46-45-23-13-14-24-50(45)54(52(46)35-44,40-19-5-3-6-20-40)41-21-7-4-8-22-41/h3-35H,1-2H3. The van der Waals surface area contributed by atoms with Crippen LogP contribution in [0.4, 0.5) is 17.1 Å². The van der Waals surface area contributed by atoms with E-state index in [1.54, 1.807) is 0 Å². The number of fused-ring (bicyclic) bond motifs is 8. The van der Waals surface area contributed by atoms with E-state index in [9.17, 15) is 0 Å². The highest BCUT2D eigenvalue weighted by Crippen LogP contribution is 2.58. The lowest BCUT2D eigenvalue weighted by Crippen LogP contribution is -2.28. The maximum Gasteiger partial charge on any atom is 0.0714 e. The van der Waals surface area contributed by atoms with Crippen molar-refractivity contribution >= 4 is 38.6 Å². The van der Waals surface area contributed by atoms with Gasteiger partial charge in [0.25, 0.3) is 0 Å². The molecule has 260 valence electrons. The maximum absolute atomic E-state index is 2.48. The summed E-state index contributed by atoms with van der Waals surface area (Å²) >= 11 is 0. The third-order valence-electron chi connectivity index (χ3n) is 12.5. The van der Waals surface area contributed by atoms with Crippen molar-refractivity contribution < 1.29 is 0 Å². The third-order valence-corrected chi connectivity index (χ3v) is 12.5. The predicted octanol–water partition coefficient (Wildman–Crippen LogP) is 14.1. The summed E-state index contributed by atoms with van der Waals surface area (Å²) in [6, 6.07) is 74.6. The molecule has 0 amide bonds. The highest BCUT2D eigenvalue weighted by Gasteiger charge is 2.46. The zero-order valence-corrected chi connectivity index (χ0v) is 31.0. The summed E-state index contributed by atoms with van der Waals surface area (Å²) in [5.74, 6) is 0. The summed E-state index contributed by atoms with van der Waals surface area (Å²) in [6.45, 7) is 4.75. The van der Waals surface area contributed by atoms with E-state index in [1.807, 2.05) is 0 Å². The normalized spacial score (nSPS) is 14.3. The summed E-state index contributed by atoms with van der Waals surface area (Å²) in [4.78, 5) is 2.47. The number of nitrogens with zero attached hydrogens (tertiary/aromatic N) is 1. The maximum atomic E-state index is 2.48. The minimum atomic E-state index is -0.485. The molecule has 0 fully saturated rings. The molecule has 0 radical (unpaired) electrons. The Morgan fingerprint density at radius 1 is 0.309 bits per heavy atom. The van der Waals surface area contributed by atoms with Gasteiger partial charge in [-0.3, -0.25) is 0 Å². The van der Waals surface area contributed by atoms with Crippen LogP contribution in [0.3, 0.4) is 0 Å². The van der Waals surface area contributed by atoms with Crippen LogP contribution in [0.2, 0.25) is 0 Å². The van der Waals surface area contributed by atoms with Crippen LogP contribution in [0.15, 0.2) is 200 Å². The van der Waals surface area contributed by atoms with Gasteiger partial charge in [-0.05, 0) is 126 Å². The Morgan fingerprint density at radius 3 is 1.55 bits per heavy atom. The van der Waals surface area contributed by atoms with Crippen LogP contribution >= 0.6 is 0 Å². The Morgan fingerprint density at radius 2 is 0.818 bits per heavy atom. The van der Waals surface area contributed by atoms with E-state index in [0.29, 0.717) is 0 Å². The van der Waals surface area contributed by atoms with Gasteiger partial charge in [0.2, 0.25) is 0 Å². The zero-order chi connectivity index (χ0) is 36.7. The van der Waals surface area contributed by atoms with Crippen LogP contribution in [0.1, 0.15) is 47.2 Å². The zero-order valence-electron chi connectivity index (χ0n) is 31.0. The largest absolute Gasteiger partial charge is 0.310 e. The van der Waals surface area contributed by atoms with Crippen molar-refractivity contribution in [1.82, 2.24) is 0 Å². The van der Waals surface area contributed by atoms with Crippen molar-refractivity contribution in [3.63, 3.8) is 0 Å². The van der Waals surface area contributed by atoms with E-state index in [4.69, 9.17) is 0 Å². The van der Waals surface area contributed by atoms with Crippen molar-refractivity contribution in [1.29, 1.82) is 0 Å². The van der Waals surface area contributed by atoms with Gasteiger partial charge in [0, 0.05) is 22.5 Å². The second-order valence-corrected chi connectivity index (χ2v) is 15.7. The quantitative estimate of drug-likeness (QED) is 0.173. The Labute approximate surface area is 322 Å². The molecule has 1 heteroatoms. The van der Waals surface area contributed by atoms with Gasteiger partial charge in [-0.2, -0.15) is 0 Å². The molecule has 0 N–H and O–H groups in total. The van der Waals surface area contributed by atoms with Gasteiger partial charge >= 0.3 is 0 Å².